The molecule has 174 valence electrons. The summed E-state index contributed by atoms with van der Waals surface area (Å²) < 4.78 is 8.68. The van der Waals surface area contributed by atoms with E-state index in [0.29, 0.717) is 11.3 Å². The zero-order valence-corrected chi connectivity index (χ0v) is 20.3. The van der Waals surface area contributed by atoms with Crippen molar-refractivity contribution in [2.24, 2.45) is 0 Å². The van der Waals surface area contributed by atoms with Gasteiger partial charge in [0.05, 0.1) is 16.4 Å². The normalized spacial score (nSPS) is 11.9. The van der Waals surface area contributed by atoms with Gasteiger partial charge in [-0.1, -0.05) is 72.8 Å². The second-order valence-electron chi connectivity index (χ2n) is 9.20. The Morgan fingerprint density at radius 3 is 2.30 bits per heavy atom. The summed E-state index contributed by atoms with van der Waals surface area (Å²) in [5, 5.41) is 5.69. The number of furan rings is 1. The van der Waals surface area contributed by atoms with Crippen molar-refractivity contribution >= 4 is 66.2 Å². The first-order valence-electron chi connectivity index (χ1n) is 12.1. The van der Waals surface area contributed by atoms with Gasteiger partial charge in [-0.05, 0) is 58.8 Å². The Bertz CT molecular complexity index is 2160. The molecule has 0 bridgehead atoms. The van der Waals surface area contributed by atoms with Crippen LogP contribution in [0.15, 0.2) is 114 Å². The molecule has 0 aliphatic carbocycles. The molecule has 0 atom stereocenters. The molecule has 5 heteroatoms. The predicted octanol–water partition coefficient (Wildman–Crippen LogP) is 8.95. The predicted molar refractivity (Wildman–Crippen MR) is 152 cm³/mol. The van der Waals surface area contributed by atoms with Crippen LogP contribution >= 0.6 is 11.6 Å². The van der Waals surface area contributed by atoms with E-state index >= 15 is 0 Å². The molecule has 0 saturated heterocycles. The summed E-state index contributed by atoms with van der Waals surface area (Å²) in [6.45, 7) is 0. The lowest BCUT2D eigenvalue weighted by Gasteiger charge is -2.08. The molecule has 0 saturated carbocycles. The Balaban J connectivity index is 1.44. The lowest BCUT2D eigenvalue weighted by molar-refractivity contribution is 0.667. The minimum absolute atomic E-state index is 0.199. The van der Waals surface area contributed by atoms with Crippen LogP contribution in [0.4, 0.5) is 0 Å². The standard InChI is InChI=1S/C32H18ClN3O/c33-32-34-29(31-30(35-32)28-22-11-5-4-8-19(22)15-17-27(28)37-31)20-14-16-26-24(18-20)23-12-6-7-13-25(23)36(26)21-9-2-1-3-10-21/h1-18H. The Kier molecular flexibility index (Phi) is 4.25. The van der Waals surface area contributed by atoms with Crippen molar-refractivity contribution in [2.45, 2.75) is 0 Å². The summed E-state index contributed by atoms with van der Waals surface area (Å²) >= 11 is 6.51. The van der Waals surface area contributed by atoms with Crippen LogP contribution in [0.1, 0.15) is 0 Å². The lowest BCUT2D eigenvalue weighted by Crippen LogP contribution is -1.93. The molecule has 5 aromatic carbocycles. The van der Waals surface area contributed by atoms with E-state index in [-0.39, 0.29) is 5.28 Å². The molecular weight excluding hydrogens is 478 g/mol. The highest BCUT2D eigenvalue weighted by Gasteiger charge is 2.20. The molecule has 0 fully saturated rings. The van der Waals surface area contributed by atoms with Crippen LogP contribution in [0.5, 0.6) is 0 Å². The fourth-order valence-electron chi connectivity index (χ4n) is 5.55. The minimum Gasteiger partial charge on any atom is -0.452 e. The van der Waals surface area contributed by atoms with Gasteiger partial charge < -0.3 is 8.98 Å². The van der Waals surface area contributed by atoms with Gasteiger partial charge in [-0.3, -0.25) is 0 Å². The molecule has 3 aromatic heterocycles. The van der Waals surface area contributed by atoms with Crippen LogP contribution in [0.2, 0.25) is 5.28 Å². The summed E-state index contributed by atoms with van der Waals surface area (Å²) in [7, 11) is 0. The number of halogens is 1. The second-order valence-corrected chi connectivity index (χ2v) is 9.54. The first kappa shape index (κ1) is 20.5. The van der Waals surface area contributed by atoms with E-state index in [1.54, 1.807) is 0 Å². The fourth-order valence-corrected chi connectivity index (χ4v) is 5.72. The molecule has 8 aromatic rings. The Morgan fingerprint density at radius 1 is 0.649 bits per heavy atom. The highest BCUT2D eigenvalue weighted by molar-refractivity contribution is 6.29. The van der Waals surface area contributed by atoms with Gasteiger partial charge in [0, 0.05) is 22.0 Å². The maximum Gasteiger partial charge on any atom is 0.223 e. The molecule has 8 rings (SSSR count). The monoisotopic (exact) mass is 495 g/mol. The third kappa shape index (κ3) is 2.97. The third-order valence-electron chi connectivity index (χ3n) is 7.14. The van der Waals surface area contributed by atoms with Crippen molar-refractivity contribution in [1.29, 1.82) is 0 Å². The van der Waals surface area contributed by atoms with Crippen molar-refractivity contribution < 1.29 is 4.42 Å². The quantitative estimate of drug-likeness (QED) is 0.225. The summed E-state index contributed by atoms with van der Waals surface area (Å²) in [5.74, 6) is 0. The van der Waals surface area contributed by atoms with Crippen LogP contribution in [0, 0.1) is 0 Å². The maximum absolute atomic E-state index is 6.51. The Labute approximate surface area is 216 Å². The van der Waals surface area contributed by atoms with Crippen molar-refractivity contribution in [3.63, 3.8) is 0 Å². The highest BCUT2D eigenvalue weighted by atomic mass is 35.5. The summed E-state index contributed by atoms with van der Waals surface area (Å²) in [6.07, 6.45) is 0. The van der Waals surface area contributed by atoms with Crippen LogP contribution < -0.4 is 0 Å². The molecule has 37 heavy (non-hydrogen) atoms. The van der Waals surface area contributed by atoms with Crippen LogP contribution in [0.3, 0.4) is 0 Å². The number of rotatable bonds is 2. The van der Waals surface area contributed by atoms with E-state index in [2.05, 4.69) is 99.5 Å². The van der Waals surface area contributed by atoms with Gasteiger partial charge in [0.25, 0.3) is 0 Å². The summed E-state index contributed by atoms with van der Waals surface area (Å²) in [5.41, 5.74) is 7.17. The molecule has 0 N–H and O–H groups in total. The van der Waals surface area contributed by atoms with Gasteiger partial charge in [-0.25, -0.2) is 9.97 Å². The van der Waals surface area contributed by atoms with Crippen molar-refractivity contribution in [2.75, 3.05) is 0 Å². The van der Waals surface area contributed by atoms with E-state index < -0.39 is 0 Å². The van der Waals surface area contributed by atoms with Crippen LogP contribution in [-0.2, 0) is 0 Å². The zero-order valence-electron chi connectivity index (χ0n) is 19.5. The average molecular weight is 496 g/mol. The van der Waals surface area contributed by atoms with E-state index in [9.17, 15) is 0 Å². The number of nitrogens with zero attached hydrogens (tertiary/aromatic N) is 3. The molecule has 4 nitrogen and oxygen atoms in total. The molecule has 0 aliphatic heterocycles. The number of para-hydroxylation sites is 2. The number of hydrogen-bond acceptors (Lipinski definition) is 3. The molecular formula is C32H18ClN3O. The lowest BCUT2D eigenvalue weighted by atomic mass is 10.0. The molecule has 0 radical (unpaired) electrons. The van der Waals surface area contributed by atoms with Gasteiger partial charge in [0.2, 0.25) is 5.28 Å². The molecule has 0 aliphatic rings. The third-order valence-corrected chi connectivity index (χ3v) is 7.31. The van der Waals surface area contributed by atoms with E-state index in [1.807, 2.05) is 24.3 Å². The average Bonchev–Trinajstić information content (AvgIpc) is 3.49. The zero-order chi connectivity index (χ0) is 24.5. The van der Waals surface area contributed by atoms with E-state index in [0.717, 1.165) is 54.9 Å². The first-order chi connectivity index (χ1) is 18.3. The van der Waals surface area contributed by atoms with Gasteiger partial charge in [-0.2, -0.15) is 0 Å². The molecule has 0 amide bonds. The summed E-state index contributed by atoms with van der Waals surface area (Å²) in [6, 6.07) is 37.6. The smallest absolute Gasteiger partial charge is 0.223 e. The van der Waals surface area contributed by atoms with Gasteiger partial charge in [0.1, 0.15) is 16.8 Å². The van der Waals surface area contributed by atoms with Gasteiger partial charge >= 0.3 is 0 Å². The first-order valence-corrected chi connectivity index (χ1v) is 12.5. The molecule has 0 spiro atoms. The SMILES string of the molecule is Clc1nc(-c2ccc3c(c2)c2ccccc2n3-c2ccccc2)c2oc3ccc4ccccc4c3c2n1. The van der Waals surface area contributed by atoms with Crippen molar-refractivity contribution in [3.05, 3.63) is 114 Å². The molecule has 3 heterocycles. The second kappa shape index (κ2) is 7.66. The van der Waals surface area contributed by atoms with Crippen LogP contribution in [0.25, 0.3) is 71.6 Å². The number of benzene rings is 5. The van der Waals surface area contributed by atoms with Crippen molar-refractivity contribution in [1.82, 2.24) is 14.5 Å². The number of fused-ring (bicyclic) bond motifs is 8. The Morgan fingerprint density at radius 2 is 1.41 bits per heavy atom. The van der Waals surface area contributed by atoms with Crippen molar-refractivity contribution in [3.8, 4) is 16.9 Å². The summed E-state index contributed by atoms with van der Waals surface area (Å²) in [4.78, 5) is 9.27. The fraction of sp³-hybridized carbons (Fsp3) is 0. The highest BCUT2D eigenvalue weighted by Crippen LogP contribution is 2.40. The minimum atomic E-state index is 0.199. The van der Waals surface area contributed by atoms with Crippen LogP contribution in [-0.4, -0.2) is 14.5 Å². The maximum atomic E-state index is 6.51. The largest absolute Gasteiger partial charge is 0.452 e. The van der Waals surface area contributed by atoms with Gasteiger partial charge in [0.15, 0.2) is 5.58 Å². The van der Waals surface area contributed by atoms with E-state index in [1.165, 1.54) is 5.39 Å². The topological polar surface area (TPSA) is 43.9 Å². The van der Waals surface area contributed by atoms with Gasteiger partial charge in [-0.15, -0.1) is 0 Å². The number of aromatic nitrogens is 3. The Hall–Kier alpha value is -4.67. The number of hydrogen-bond donors (Lipinski definition) is 0. The van der Waals surface area contributed by atoms with E-state index in [4.69, 9.17) is 16.0 Å². The molecule has 0 unspecified atom stereocenters.